The molecule has 0 spiro atoms. The summed E-state index contributed by atoms with van der Waals surface area (Å²) < 4.78 is 26.7. The minimum Gasteiger partial charge on any atom is -0.306 e. The highest BCUT2D eigenvalue weighted by Crippen LogP contribution is 2.26. The first kappa shape index (κ1) is 18.5. The molecular weight excluding hydrogens is 348 g/mol. The first-order valence-corrected chi connectivity index (χ1v) is 10.1. The van der Waals surface area contributed by atoms with E-state index < -0.39 is 10.0 Å². The van der Waals surface area contributed by atoms with E-state index in [0.29, 0.717) is 16.4 Å². The zero-order chi connectivity index (χ0) is 17.9. The quantitative estimate of drug-likeness (QED) is 0.596. The van der Waals surface area contributed by atoms with Gasteiger partial charge in [-0.3, -0.25) is 9.52 Å². The molecule has 24 heavy (non-hydrogen) atoms. The van der Waals surface area contributed by atoms with E-state index in [1.165, 1.54) is 11.8 Å². The first-order chi connectivity index (χ1) is 11.2. The van der Waals surface area contributed by atoms with Gasteiger partial charge in [-0.2, -0.15) is 0 Å². The summed E-state index contributed by atoms with van der Waals surface area (Å²) in [4.78, 5) is 12.5. The summed E-state index contributed by atoms with van der Waals surface area (Å²) in [6.07, 6.45) is 2.73. The Bertz CT molecular complexity index is 813. The monoisotopic (exact) mass is 368 g/mol. The fraction of sp³-hybridized carbons (Fsp3) is 0.400. The van der Waals surface area contributed by atoms with Crippen LogP contribution in [-0.4, -0.2) is 40.5 Å². The third-order valence-corrected chi connectivity index (χ3v) is 4.90. The molecule has 0 radical (unpaired) electrons. The predicted molar refractivity (Wildman–Crippen MR) is 95.0 cm³/mol. The van der Waals surface area contributed by atoms with Crippen molar-refractivity contribution in [3.8, 4) is 0 Å². The molecule has 0 saturated carbocycles. The van der Waals surface area contributed by atoms with Gasteiger partial charge in [-0.05, 0) is 45.0 Å². The third-order valence-electron chi connectivity index (χ3n) is 3.22. The number of sulfonamides is 1. The van der Waals surface area contributed by atoms with Crippen LogP contribution in [0.1, 0.15) is 37.2 Å². The molecule has 0 fully saturated rings. The van der Waals surface area contributed by atoms with Crippen molar-refractivity contribution in [2.75, 3.05) is 11.0 Å². The fourth-order valence-corrected chi connectivity index (χ4v) is 3.63. The van der Waals surface area contributed by atoms with Crippen LogP contribution in [0.25, 0.3) is 0 Å². The molecule has 2 aromatic rings. The molecule has 0 aliphatic carbocycles. The Morgan fingerprint density at radius 2 is 1.83 bits per heavy atom. The van der Waals surface area contributed by atoms with E-state index in [0.717, 1.165) is 6.26 Å². The van der Waals surface area contributed by atoms with Crippen LogP contribution < -0.4 is 4.72 Å². The van der Waals surface area contributed by atoms with Gasteiger partial charge in [0.1, 0.15) is 6.33 Å². The van der Waals surface area contributed by atoms with Gasteiger partial charge in [0.25, 0.3) is 0 Å². The number of nitrogens with one attached hydrogen (secondary N) is 1. The zero-order valence-corrected chi connectivity index (χ0v) is 15.6. The van der Waals surface area contributed by atoms with E-state index in [2.05, 4.69) is 14.9 Å². The first-order valence-electron chi connectivity index (χ1n) is 7.35. The Kier molecular flexibility index (Phi) is 5.66. The highest BCUT2D eigenvalue weighted by molar-refractivity contribution is 8.00. The zero-order valence-electron chi connectivity index (χ0n) is 13.9. The molecule has 0 aliphatic rings. The summed E-state index contributed by atoms with van der Waals surface area (Å²) in [5.74, 6) is -0.0517. The smallest absolute Gasteiger partial charge is 0.229 e. The highest BCUT2D eigenvalue weighted by Gasteiger charge is 2.20. The van der Waals surface area contributed by atoms with Crippen LogP contribution in [0.5, 0.6) is 0 Å². The average Bonchev–Trinajstić information content (AvgIpc) is 2.94. The van der Waals surface area contributed by atoms with Gasteiger partial charge < -0.3 is 4.57 Å². The van der Waals surface area contributed by atoms with Crippen molar-refractivity contribution in [3.05, 3.63) is 36.2 Å². The third kappa shape index (κ3) is 4.81. The topological polar surface area (TPSA) is 93.9 Å². The summed E-state index contributed by atoms with van der Waals surface area (Å²) >= 11 is 1.35. The molecule has 0 unspecified atom stereocenters. The van der Waals surface area contributed by atoms with Crippen molar-refractivity contribution in [2.24, 2.45) is 0 Å². The summed E-state index contributed by atoms with van der Waals surface area (Å²) in [5, 5.41) is 8.31. The number of rotatable bonds is 7. The number of carbonyl (C=O) groups excluding carboxylic acids is 1. The van der Waals surface area contributed by atoms with E-state index in [1.54, 1.807) is 30.6 Å². The van der Waals surface area contributed by atoms with Crippen LogP contribution >= 0.6 is 11.8 Å². The van der Waals surface area contributed by atoms with Crippen LogP contribution in [-0.2, 0) is 10.0 Å². The Balaban J connectivity index is 2.09. The molecule has 130 valence electrons. The predicted octanol–water partition coefficient (Wildman–Crippen LogP) is 2.59. The van der Waals surface area contributed by atoms with Gasteiger partial charge in [0, 0.05) is 17.3 Å². The molecule has 1 N–H and O–H groups in total. The van der Waals surface area contributed by atoms with E-state index in [4.69, 9.17) is 0 Å². The number of nitrogens with zero attached hydrogens (tertiary/aromatic N) is 3. The fourth-order valence-electron chi connectivity index (χ4n) is 2.03. The van der Waals surface area contributed by atoms with E-state index in [-0.39, 0.29) is 17.1 Å². The van der Waals surface area contributed by atoms with Crippen molar-refractivity contribution < 1.29 is 13.2 Å². The maximum absolute atomic E-state index is 12.5. The standard InChI is InChI=1S/C15H20N4O3S2/c1-10(2)19-9-16-17-15(19)23-11(3)14(20)12-5-7-13(8-6-12)18-24(4,21)22/h5-11,18H,1-4H3/t11-/m1/s1. The van der Waals surface area contributed by atoms with Crippen LogP contribution in [0.3, 0.4) is 0 Å². The van der Waals surface area contributed by atoms with Gasteiger partial charge in [-0.25, -0.2) is 8.42 Å². The number of hydrogen-bond donors (Lipinski definition) is 1. The lowest BCUT2D eigenvalue weighted by Gasteiger charge is -2.13. The Morgan fingerprint density at radius 1 is 1.21 bits per heavy atom. The number of Topliss-reactive ketones (excluding diaryl/α,β-unsaturated/α-hetero) is 1. The van der Waals surface area contributed by atoms with Gasteiger partial charge in [0.05, 0.1) is 11.5 Å². The number of anilines is 1. The minimum absolute atomic E-state index is 0.0517. The molecule has 0 aliphatic heterocycles. The van der Waals surface area contributed by atoms with Gasteiger partial charge in [0.15, 0.2) is 10.9 Å². The summed E-state index contributed by atoms with van der Waals surface area (Å²) in [5.41, 5.74) is 0.943. The van der Waals surface area contributed by atoms with Gasteiger partial charge in [-0.15, -0.1) is 10.2 Å². The highest BCUT2D eigenvalue weighted by atomic mass is 32.2. The van der Waals surface area contributed by atoms with E-state index >= 15 is 0 Å². The largest absolute Gasteiger partial charge is 0.306 e. The Labute approximate surface area is 145 Å². The normalized spacial score (nSPS) is 13.0. The maximum atomic E-state index is 12.5. The number of aromatic nitrogens is 3. The number of thioether (sulfide) groups is 1. The molecule has 2 rings (SSSR count). The second-order valence-corrected chi connectivity index (χ2v) is 8.75. The lowest BCUT2D eigenvalue weighted by atomic mass is 10.1. The Morgan fingerprint density at radius 3 is 2.38 bits per heavy atom. The van der Waals surface area contributed by atoms with Crippen LogP contribution in [0.2, 0.25) is 0 Å². The van der Waals surface area contributed by atoms with Crippen LogP contribution in [0, 0.1) is 0 Å². The lowest BCUT2D eigenvalue weighted by Crippen LogP contribution is -2.15. The second-order valence-electron chi connectivity index (χ2n) is 5.69. The van der Waals surface area contributed by atoms with Gasteiger partial charge in [0.2, 0.25) is 10.0 Å². The molecule has 1 aromatic carbocycles. The molecule has 0 amide bonds. The number of ketones is 1. The molecule has 7 nitrogen and oxygen atoms in total. The molecule has 0 saturated heterocycles. The van der Waals surface area contributed by atoms with E-state index in [1.807, 2.05) is 25.3 Å². The molecule has 1 aromatic heterocycles. The summed E-state index contributed by atoms with van der Waals surface area (Å²) in [6, 6.07) is 6.58. The van der Waals surface area contributed by atoms with Crippen molar-refractivity contribution >= 4 is 33.3 Å². The molecule has 1 heterocycles. The van der Waals surface area contributed by atoms with Crippen molar-refractivity contribution in [3.63, 3.8) is 0 Å². The van der Waals surface area contributed by atoms with Gasteiger partial charge >= 0.3 is 0 Å². The molecular formula is C15H20N4O3S2. The van der Waals surface area contributed by atoms with E-state index in [9.17, 15) is 13.2 Å². The minimum atomic E-state index is -3.33. The second kappa shape index (κ2) is 7.35. The molecule has 1 atom stereocenters. The van der Waals surface area contributed by atoms with Crippen LogP contribution in [0.4, 0.5) is 5.69 Å². The molecule has 0 bridgehead atoms. The number of carbonyl (C=O) groups is 1. The number of hydrogen-bond acceptors (Lipinski definition) is 6. The summed E-state index contributed by atoms with van der Waals surface area (Å²) in [6.45, 7) is 5.86. The molecule has 9 heteroatoms. The van der Waals surface area contributed by atoms with Crippen LogP contribution in [0.15, 0.2) is 35.7 Å². The SMILES string of the molecule is CC(C)n1cnnc1S[C@H](C)C(=O)c1ccc(NS(C)(=O)=O)cc1. The van der Waals surface area contributed by atoms with Crippen molar-refractivity contribution in [1.29, 1.82) is 0 Å². The lowest BCUT2D eigenvalue weighted by molar-refractivity contribution is 0.0994. The van der Waals surface area contributed by atoms with Crippen molar-refractivity contribution in [1.82, 2.24) is 14.8 Å². The van der Waals surface area contributed by atoms with Gasteiger partial charge in [-0.1, -0.05) is 11.8 Å². The average molecular weight is 368 g/mol. The number of benzene rings is 1. The maximum Gasteiger partial charge on any atom is 0.229 e. The Hall–Kier alpha value is -1.87. The summed E-state index contributed by atoms with van der Waals surface area (Å²) in [7, 11) is -3.33. The van der Waals surface area contributed by atoms with Crippen molar-refractivity contribution in [2.45, 2.75) is 37.2 Å².